The Morgan fingerprint density at radius 3 is 2.39 bits per heavy atom. The Morgan fingerprint density at radius 1 is 1.28 bits per heavy atom. The van der Waals surface area contributed by atoms with E-state index in [1.807, 2.05) is 18.3 Å². The van der Waals surface area contributed by atoms with Crippen LogP contribution in [0.3, 0.4) is 0 Å². The summed E-state index contributed by atoms with van der Waals surface area (Å²) in [5.41, 5.74) is 7.38. The summed E-state index contributed by atoms with van der Waals surface area (Å²) in [7, 11) is 0. The van der Waals surface area contributed by atoms with Crippen molar-refractivity contribution in [2.75, 3.05) is 31.1 Å². The zero-order valence-corrected chi connectivity index (χ0v) is 11.8. The van der Waals surface area contributed by atoms with E-state index in [1.165, 1.54) is 0 Å². The predicted molar refractivity (Wildman–Crippen MR) is 79.0 cm³/mol. The van der Waals surface area contributed by atoms with Crippen LogP contribution in [0.5, 0.6) is 0 Å². The van der Waals surface area contributed by atoms with Gasteiger partial charge >= 0.3 is 0 Å². The topological polar surface area (TPSA) is 45.4 Å². The van der Waals surface area contributed by atoms with E-state index in [1.54, 1.807) is 0 Å². The first-order valence-corrected chi connectivity index (χ1v) is 6.73. The molecule has 0 aromatic carbocycles. The average molecular weight is 264 g/mol. The normalized spacial score (nSPS) is 17.2. The van der Waals surface area contributed by atoms with Crippen molar-refractivity contribution in [1.29, 1.82) is 0 Å². The van der Waals surface area contributed by atoms with Gasteiger partial charge in [0.25, 0.3) is 0 Å². The number of piperazine rings is 1. The first-order valence-electron chi connectivity index (χ1n) is 6.33. The molecular formula is C13H20N4S. The van der Waals surface area contributed by atoms with Gasteiger partial charge in [0.15, 0.2) is 0 Å². The Balaban J connectivity index is 1.99. The van der Waals surface area contributed by atoms with Crippen molar-refractivity contribution in [3.8, 4) is 0 Å². The Labute approximate surface area is 114 Å². The van der Waals surface area contributed by atoms with Gasteiger partial charge < -0.3 is 10.6 Å². The lowest BCUT2D eigenvalue weighted by molar-refractivity contribution is 0.209. The molecule has 4 nitrogen and oxygen atoms in total. The van der Waals surface area contributed by atoms with E-state index in [0.29, 0.717) is 16.7 Å². The maximum absolute atomic E-state index is 5.54. The largest absolute Gasteiger partial charge is 0.388 e. The third-order valence-corrected chi connectivity index (χ3v) is 3.62. The van der Waals surface area contributed by atoms with Gasteiger partial charge in [-0.3, -0.25) is 9.88 Å². The molecule has 18 heavy (non-hydrogen) atoms. The highest BCUT2D eigenvalue weighted by atomic mass is 32.1. The van der Waals surface area contributed by atoms with Crippen molar-refractivity contribution in [1.82, 2.24) is 9.88 Å². The summed E-state index contributed by atoms with van der Waals surface area (Å²) in [6.45, 7) is 8.80. The number of anilines is 1. The molecule has 2 heterocycles. The number of nitrogens with two attached hydrogens (primary N) is 1. The van der Waals surface area contributed by atoms with Crippen LogP contribution in [0.4, 0.5) is 5.69 Å². The Hall–Kier alpha value is -1.20. The smallest absolute Gasteiger partial charge is 0.122 e. The molecule has 2 rings (SSSR count). The summed E-state index contributed by atoms with van der Waals surface area (Å²) in [4.78, 5) is 9.49. The van der Waals surface area contributed by atoms with Crippen LogP contribution in [-0.2, 0) is 0 Å². The Kier molecular flexibility index (Phi) is 4.14. The third kappa shape index (κ3) is 2.97. The van der Waals surface area contributed by atoms with E-state index >= 15 is 0 Å². The molecule has 0 unspecified atom stereocenters. The van der Waals surface area contributed by atoms with Gasteiger partial charge in [0.2, 0.25) is 0 Å². The maximum Gasteiger partial charge on any atom is 0.122 e. The molecule has 0 bridgehead atoms. The molecule has 1 aliphatic heterocycles. The van der Waals surface area contributed by atoms with Crippen molar-refractivity contribution in [2.45, 2.75) is 19.9 Å². The van der Waals surface area contributed by atoms with E-state index < -0.39 is 0 Å². The van der Waals surface area contributed by atoms with E-state index in [2.05, 4.69) is 28.6 Å². The van der Waals surface area contributed by atoms with Gasteiger partial charge in [-0.05, 0) is 26.0 Å². The van der Waals surface area contributed by atoms with Crippen molar-refractivity contribution in [3.05, 3.63) is 24.0 Å². The van der Waals surface area contributed by atoms with Crippen LogP contribution in [0.15, 0.2) is 18.3 Å². The highest BCUT2D eigenvalue weighted by molar-refractivity contribution is 7.80. The molecule has 1 aromatic heterocycles. The van der Waals surface area contributed by atoms with Crippen LogP contribution >= 0.6 is 12.2 Å². The fourth-order valence-electron chi connectivity index (χ4n) is 2.22. The molecular weight excluding hydrogens is 244 g/mol. The fourth-order valence-corrected chi connectivity index (χ4v) is 2.34. The van der Waals surface area contributed by atoms with E-state index in [9.17, 15) is 0 Å². The van der Waals surface area contributed by atoms with E-state index in [-0.39, 0.29) is 0 Å². The Bertz CT molecular complexity index is 408. The second kappa shape index (κ2) is 5.63. The summed E-state index contributed by atoms with van der Waals surface area (Å²) in [5, 5.41) is 0. The van der Waals surface area contributed by atoms with Gasteiger partial charge in [-0.15, -0.1) is 0 Å². The number of rotatable bonds is 3. The van der Waals surface area contributed by atoms with Crippen molar-refractivity contribution in [3.63, 3.8) is 0 Å². The monoisotopic (exact) mass is 264 g/mol. The van der Waals surface area contributed by atoms with Gasteiger partial charge in [-0.1, -0.05) is 12.2 Å². The molecule has 2 N–H and O–H groups in total. The van der Waals surface area contributed by atoms with Gasteiger partial charge in [0.1, 0.15) is 4.99 Å². The lowest BCUT2D eigenvalue weighted by atomic mass is 10.2. The highest BCUT2D eigenvalue weighted by Crippen LogP contribution is 2.16. The number of hydrogen-bond acceptors (Lipinski definition) is 4. The summed E-state index contributed by atoms with van der Waals surface area (Å²) < 4.78 is 0. The quantitative estimate of drug-likeness (QED) is 0.832. The molecule has 0 radical (unpaired) electrons. The number of pyridine rings is 1. The molecule has 0 atom stereocenters. The molecule has 0 saturated carbocycles. The zero-order valence-electron chi connectivity index (χ0n) is 11.0. The van der Waals surface area contributed by atoms with Gasteiger partial charge in [0, 0.05) is 32.2 Å². The first kappa shape index (κ1) is 13.2. The molecule has 0 aliphatic carbocycles. The SMILES string of the molecule is CC(C)N1CCN(c2ccc(C(N)=S)nc2)CC1. The molecule has 1 aromatic rings. The van der Waals surface area contributed by atoms with Crippen molar-refractivity contribution >= 4 is 22.9 Å². The lowest BCUT2D eigenvalue weighted by Gasteiger charge is -2.38. The van der Waals surface area contributed by atoms with Crippen LogP contribution in [0, 0.1) is 0 Å². The third-order valence-electron chi connectivity index (χ3n) is 3.41. The highest BCUT2D eigenvalue weighted by Gasteiger charge is 2.19. The molecule has 0 amide bonds. The molecule has 1 aliphatic rings. The summed E-state index contributed by atoms with van der Waals surface area (Å²) >= 11 is 4.90. The van der Waals surface area contributed by atoms with Gasteiger partial charge in [-0.2, -0.15) is 0 Å². The second-order valence-corrected chi connectivity index (χ2v) is 5.32. The molecule has 0 spiro atoms. The van der Waals surface area contributed by atoms with Crippen LogP contribution < -0.4 is 10.6 Å². The standard InChI is InChI=1S/C13H20N4S/c1-10(2)16-5-7-17(8-6-16)11-3-4-12(13(14)18)15-9-11/h3-4,9-10H,5-8H2,1-2H3,(H2,14,18). The molecule has 1 fully saturated rings. The van der Waals surface area contributed by atoms with Crippen LogP contribution in [0.2, 0.25) is 0 Å². The minimum absolute atomic E-state index is 0.353. The molecule has 1 saturated heterocycles. The van der Waals surface area contributed by atoms with Crippen LogP contribution in [0.25, 0.3) is 0 Å². The maximum atomic E-state index is 5.54. The lowest BCUT2D eigenvalue weighted by Crippen LogP contribution is -2.48. The first-order chi connectivity index (χ1) is 8.58. The van der Waals surface area contributed by atoms with Gasteiger partial charge in [-0.25, -0.2) is 0 Å². The summed E-state index contributed by atoms with van der Waals surface area (Å²) in [5.74, 6) is 0. The Morgan fingerprint density at radius 2 is 1.94 bits per heavy atom. The minimum Gasteiger partial charge on any atom is -0.388 e. The minimum atomic E-state index is 0.353. The van der Waals surface area contributed by atoms with E-state index in [0.717, 1.165) is 31.9 Å². The number of aromatic nitrogens is 1. The predicted octanol–water partition coefficient (Wildman–Crippen LogP) is 1.25. The van der Waals surface area contributed by atoms with Crippen LogP contribution in [0.1, 0.15) is 19.5 Å². The number of hydrogen-bond donors (Lipinski definition) is 1. The van der Waals surface area contributed by atoms with Crippen molar-refractivity contribution < 1.29 is 0 Å². The zero-order chi connectivity index (χ0) is 13.1. The fraction of sp³-hybridized carbons (Fsp3) is 0.538. The van der Waals surface area contributed by atoms with Crippen LogP contribution in [-0.4, -0.2) is 47.1 Å². The number of thiocarbonyl (C=S) groups is 1. The summed E-state index contributed by atoms with van der Waals surface area (Å²) in [6.07, 6.45) is 1.86. The average Bonchev–Trinajstić information content (AvgIpc) is 2.39. The van der Waals surface area contributed by atoms with E-state index in [4.69, 9.17) is 18.0 Å². The molecule has 5 heteroatoms. The van der Waals surface area contributed by atoms with Crippen molar-refractivity contribution in [2.24, 2.45) is 5.73 Å². The number of nitrogens with zero attached hydrogens (tertiary/aromatic N) is 3. The summed E-state index contributed by atoms with van der Waals surface area (Å²) in [6, 6.07) is 4.57. The molecule has 98 valence electrons. The van der Waals surface area contributed by atoms with Gasteiger partial charge in [0.05, 0.1) is 17.6 Å². The second-order valence-electron chi connectivity index (χ2n) is 4.88.